The Morgan fingerprint density at radius 1 is 0.625 bits per heavy atom. The van der Waals surface area contributed by atoms with Crippen molar-refractivity contribution in [3.63, 3.8) is 0 Å². The fraction of sp³-hybridized carbons (Fsp3) is 0.333. The Hall–Kier alpha value is -4.28. The van der Waals surface area contributed by atoms with Gasteiger partial charge in [-0.05, 0) is 63.1 Å². The molecule has 0 saturated carbocycles. The second kappa shape index (κ2) is 12.7. The van der Waals surface area contributed by atoms with Gasteiger partial charge < -0.3 is 27.8 Å². The first-order valence-electron chi connectivity index (χ1n) is 12.7. The molecule has 0 unspecified atom stereocenters. The van der Waals surface area contributed by atoms with Crippen LogP contribution in [-0.2, 0) is 9.47 Å². The van der Waals surface area contributed by atoms with Crippen LogP contribution in [0.25, 0.3) is 21.9 Å². The van der Waals surface area contributed by atoms with Gasteiger partial charge in [-0.1, -0.05) is 0 Å². The molecule has 0 aliphatic rings. The number of ketones is 2. The number of rotatable bonds is 13. The van der Waals surface area contributed by atoms with Gasteiger partial charge in [0.2, 0.25) is 0 Å². The summed E-state index contributed by atoms with van der Waals surface area (Å²) in [5.41, 5.74) is 1.24. The van der Waals surface area contributed by atoms with Gasteiger partial charge >= 0.3 is 11.3 Å². The number of hydrogen-bond donors (Lipinski definition) is 0. The molecule has 210 valence electrons. The Morgan fingerprint density at radius 3 is 1.38 bits per heavy atom. The van der Waals surface area contributed by atoms with E-state index >= 15 is 0 Å². The number of carbonyl (C=O) groups excluding carboxylic acids is 2. The fourth-order valence-electron chi connectivity index (χ4n) is 4.38. The molecule has 0 amide bonds. The van der Waals surface area contributed by atoms with Gasteiger partial charge in [0.05, 0.1) is 26.4 Å². The van der Waals surface area contributed by atoms with Crippen LogP contribution >= 0.6 is 0 Å². The molecule has 40 heavy (non-hydrogen) atoms. The highest BCUT2D eigenvalue weighted by Gasteiger charge is 2.18. The summed E-state index contributed by atoms with van der Waals surface area (Å²) in [5, 5.41) is 1.35. The van der Waals surface area contributed by atoms with E-state index in [4.69, 9.17) is 27.8 Å². The van der Waals surface area contributed by atoms with Gasteiger partial charge in [0.25, 0.3) is 0 Å². The Balaban J connectivity index is 1.21. The van der Waals surface area contributed by atoms with Crippen molar-refractivity contribution in [1.82, 2.24) is 0 Å². The molecule has 0 bridgehead atoms. The third-order valence-corrected chi connectivity index (χ3v) is 6.21. The first-order chi connectivity index (χ1) is 19.2. The average Bonchev–Trinajstić information content (AvgIpc) is 2.88. The summed E-state index contributed by atoms with van der Waals surface area (Å²) in [4.78, 5) is 48.1. The smallest absolute Gasteiger partial charge is 0.336 e. The van der Waals surface area contributed by atoms with Crippen molar-refractivity contribution in [2.45, 2.75) is 27.7 Å². The first kappa shape index (κ1) is 28.7. The largest absolute Gasteiger partial charge is 0.490 e. The summed E-state index contributed by atoms with van der Waals surface area (Å²) < 4.78 is 33.1. The van der Waals surface area contributed by atoms with Crippen molar-refractivity contribution in [1.29, 1.82) is 0 Å². The van der Waals surface area contributed by atoms with E-state index in [1.807, 2.05) is 0 Å². The number of carbonyl (C=O) groups is 2. The van der Waals surface area contributed by atoms with Crippen molar-refractivity contribution in [2.75, 3.05) is 39.6 Å². The quantitative estimate of drug-likeness (QED) is 0.134. The van der Waals surface area contributed by atoms with E-state index < -0.39 is 11.3 Å². The zero-order valence-electron chi connectivity index (χ0n) is 22.8. The molecule has 0 atom stereocenters. The molecular weight excluding hydrogens is 520 g/mol. The lowest BCUT2D eigenvalue weighted by molar-refractivity contribution is 0.0272. The van der Waals surface area contributed by atoms with Crippen LogP contribution in [0, 0.1) is 13.8 Å². The minimum atomic E-state index is -0.529. The van der Waals surface area contributed by atoms with E-state index in [0.29, 0.717) is 46.6 Å². The standard InChI is InChI=1S/C30H30O10/c1-17-15-25(33)39-29-21(17)5-7-23(27(29)19(3)31)37-13-11-35-9-10-36-12-14-38-24-8-6-22-18(2)16-26(34)40-30(22)28(24)20(4)32/h5-8,15-16H,9-14H2,1-4H3. The molecule has 4 rings (SSSR count). The summed E-state index contributed by atoms with van der Waals surface area (Å²) in [7, 11) is 0. The van der Waals surface area contributed by atoms with Crippen molar-refractivity contribution in [3.05, 3.63) is 79.5 Å². The Morgan fingerprint density at radius 2 is 1.00 bits per heavy atom. The number of Topliss-reactive ketones (excluding diaryl/α,β-unsaturated/α-hetero) is 2. The normalized spacial score (nSPS) is 11.2. The van der Waals surface area contributed by atoms with Crippen LogP contribution in [0.5, 0.6) is 11.5 Å². The number of fused-ring (bicyclic) bond motifs is 2. The van der Waals surface area contributed by atoms with Crippen LogP contribution in [0.3, 0.4) is 0 Å². The zero-order chi connectivity index (χ0) is 28.8. The van der Waals surface area contributed by atoms with Crippen LogP contribution < -0.4 is 20.7 Å². The molecule has 4 aromatic rings. The van der Waals surface area contributed by atoms with Gasteiger partial charge in [-0.15, -0.1) is 0 Å². The van der Waals surface area contributed by atoms with Crippen molar-refractivity contribution in [3.8, 4) is 11.5 Å². The van der Waals surface area contributed by atoms with E-state index in [0.717, 1.165) is 0 Å². The van der Waals surface area contributed by atoms with E-state index in [1.165, 1.54) is 26.0 Å². The van der Waals surface area contributed by atoms with Gasteiger partial charge in [-0.3, -0.25) is 9.59 Å². The molecule has 0 saturated heterocycles. The number of benzene rings is 2. The van der Waals surface area contributed by atoms with Gasteiger partial charge in [0.1, 0.15) is 35.8 Å². The predicted molar refractivity (Wildman–Crippen MR) is 147 cm³/mol. The third kappa shape index (κ3) is 6.47. The van der Waals surface area contributed by atoms with Crippen molar-refractivity contribution in [2.24, 2.45) is 0 Å². The van der Waals surface area contributed by atoms with Crippen LogP contribution in [0.2, 0.25) is 0 Å². The zero-order valence-corrected chi connectivity index (χ0v) is 22.8. The molecule has 0 fully saturated rings. The second-order valence-corrected chi connectivity index (χ2v) is 9.16. The maximum Gasteiger partial charge on any atom is 0.336 e. The predicted octanol–water partition coefficient (Wildman–Crippen LogP) is 4.41. The molecule has 0 spiro atoms. The lowest BCUT2D eigenvalue weighted by atomic mass is 10.0. The fourth-order valence-corrected chi connectivity index (χ4v) is 4.38. The molecule has 10 heteroatoms. The Kier molecular flexibility index (Phi) is 9.13. The van der Waals surface area contributed by atoms with Crippen molar-refractivity contribution >= 4 is 33.5 Å². The van der Waals surface area contributed by atoms with Crippen LogP contribution in [-0.4, -0.2) is 51.2 Å². The number of hydrogen-bond acceptors (Lipinski definition) is 10. The van der Waals surface area contributed by atoms with Gasteiger partial charge in [-0.25, -0.2) is 9.59 Å². The molecule has 2 aromatic heterocycles. The highest BCUT2D eigenvalue weighted by molar-refractivity contribution is 6.08. The molecule has 2 aromatic carbocycles. The van der Waals surface area contributed by atoms with Gasteiger partial charge in [-0.2, -0.15) is 0 Å². The molecule has 10 nitrogen and oxygen atoms in total. The maximum absolute atomic E-state index is 12.3. The summed E-state index contributed by atoms with van der Waals surface area (Å²) in [6.45, 7) is 7.78. The molecule has 0 aliphatic heterocycles. The monoisotopic (exact) mass is 550 g/mol. The first-order valence-corrected chi connectivity index (χ1v) is 12.7. The molecule has 0 aliphatic carbocycles. The number of aryl methyl sites for hydroxylation is 2. The minimum Gasteiger partial charge on any atom is -0.490 e. The van der Waals surface area contributed by atoms with Crippen LogP contribution in [0.15, 0.2) is 54.8 Å². The highest BCUT2D eigenvalue weighted by atomic mass is 16.6. The van der Waals surface area contributed by atoms with Crippen LogP contribution in [0.1, 0.15) is 45.7 Å². The topological polar surface area (TPSA) is 131 Å². The summed E-state index contributed by atoms with van der Waals surface area (Å²) >= 11 is 0. The highest BCUT2D eigenvalue weighted by Crippen LogP contribution is 2.30. The average molecular weight is 551 g/mol. The van der Waals surface area contributed by atoms with E-state index in [2.05, 4.69) is 0 Å². The lowest BCUT2D eigenvalue weighted by Gasteiger charge is -2.13. The van der Waals surface area contributed by atoms with Crippen LogP contribution in [0.4, 0.5) is 0 Å². The Labute approximate surface area is 229 Å². The minimum absolute atomic E-state index is 0.177. The molecular formula is C30H30O10. The summed E-state index contributed by atoms with van der Waals surface area (Å²) in [6.07, 6.45) is 0. The molecule has 0 radical (unpaired) electrons. The van der Waals surface area contributed by atoms with E-state index in [9.17, 15) is 19.2 Å². The third-order valence-electron chi connectivity index (χ3n) is 6.21. The SMILES string of the molecule is CC(=O)c1c(OCCOCCOCCOc2ccc3c(C)cc(=O)oc3c2C(C)=O)ccc2c(C)cc(=O)oc12. The van der Waals surface area contributed by atoms with Crippen molar-refractivity contribution < 1.29 is 37.4 Å². The second-order valence-electron chi connectivity index (χ2n) is 9.16. The summed E-state index contributed by atoms with van der Waals surface area (Å²) in [6, 6.07) is 9.61. The van der Waals surface area contributed by atoms with E-state index in [-0.39, 0.29) is 60.3 Å². The number of ether oxygens (including phenoxy) is 4. The maximum atomic E-state index is 12.3. The Bertz CT molecular complexity index is 1550. The van der Waals surface area contributed by atoms with Gasteiger partial charge in [0.15, 0.2) is 22.7 Å². The molecule has 2 heterocycles. The van der Waals surface area contributed by atoms with Gasteiger partial charge in [0, 0.05) is 22.9 Å². The van der Waals surface area contributed by atoms with E-state index in [1.54, 1.807) is 38.1 Å². The summed E-state index contributed by atoms with van der Waals surface area (Å²) in [5.74, 6) is 0.0898. The molecule has 0 N–H and O–H groups in total. The lowest BCUT2D eigenvalue weighted by Crippen LogP contribution is -2.15.